The highest BCUT2D eigenvalue weighted by Gasteiger charge is 2.04. The molecule has 0 unspecified atom stereocenters. The Labute approximate surface area is 60.9 Å². The van der Waals surface area contributed by atoms with Crippen molar-refractivity contribution in [2.45, 2.75) is 26.7 Å². The van der Waals surface area contributed by atoms with Gasteiger partial charge in [0.2, 0.25) is 0 Å². The molecule has 0 radical (unpaired) electrons. The summed E-state index contributed by atoms with van der Waals surface area (Å²) in [6, 6.07) is 0. The first kappa shape index (κ1) is 9.08. The van der Waals surface area contributed by atoms with Crippen molar-refractivity contribution in [2.75, 3.05) is 0 Å². The molecule has 10 heavy (non-hydrogen) atoms. The Balaban J connectivity index is 3.50. The van der Waals surface area contributed by atoms with E-state index in [1.54, 1.807) is 0 Å². The van der Waals surface area contributed by atoms with Crippen LogP contribution in [-0.4, -0.2) is 11.6 Å². The Morgan fingerprint density at radius 2 is 2.00 bits per heavy atom. The van der Waals surface area contributed by atoms with Crippen molar-refractivity contribution in [3.05, 3.63) is 12.2 Å². The number of carbonyl (C=O) groups is 2. The molecule has 0 saturated carbocycles. The molecule has 2 heteroatoms. The summed E-state index contributed by atoms with van der Waals surface area (Å²) in [5, 5.41) is 0. The van der Waals surface area contributed by atoms with Crippen LogP contribution >= 0.6 is 0 Å². The first-order valence-corrected chi connectivity index (χ1v) is 3.33. The minimum absolute atomic E-state index is 0.280. The van der Waals surface area contributed by atoms with Crippen LogP contribution in [0.1, 0.15) is 26.7 Å². The Morgan fingerprint density at radius 3 is 2.40 bits per heavy atom. The fourth-order valence-electron chi connectivity index (χ4n) is 0.557. The second kappa shape index (κ2) is 4.91. The topological polar surface area (TPSA) is 34.1 Å². The number of carbonyl (C=O) groups excluding carboxylic acids is 2. The van der Waals surface area contributed by atoms with Gasteiger partial charge in [-0.1, -0.05) is 12.2 Å². The molecule has 0 rings (SSSR count). The Hall–Kier alpha value is -0.920. The van der Waals surface area contributed by atoms with Gasteiger partial charge in [-0.25, -0.2) is 0 Å². The quantitative estimate of drug-likeness (QED) is 0.438. The number of ketones is 2. The summed E-state index contributed by atoms with van der Waals surface area (Å²) in [6.45, 7) is 3.19. The zero-order chi connectivity index (χ0) is 7.98. The third kappa shape index (κ3) is 4.01. The maximum absolute atomic E-state index is 10.6. The molecule has 0 amide bonds. The van der Waals surface area contributed by atoms with Crippen molar-refractivity contribution < 1.29 is 9.59 Å². The lowest BCUT2D eigenvalue weighted by Gasteiger charge is -1.89. The molecular formula is C8H12O2. The fraction of sp³-hybridized carbons (Fsp3) is 0.500. The van der Waals surface area contributed by atoms with E-state index in [1.807, 2.05) is 19.1 Å². The molecule has 0 spiro atoms. The van der Waals surface area contributed by atoms with E-state index in [4.69, 9.17) is 0 Å². The van der Waals surface area contributed by atoms with Gasteiger partial charge in [0.15, 0.2) is 11.6 Å². The lowest BCUT2D eigenvalue weighted by Crippen LogP contribution is -2.07. The minimum atomic E-state index is -0.343. The van der Waals surface area contributed by atoms with E-state index in [-0.39, 0.29) is 11.6 Å². The van der Waals surface area contributed by atoms with E-state index in [9.17, 15) is 9.59 Å². The molecule has 0 aliphatic heterocycles. The van der Waals surface area contributed by atoms with Gasteiger partial charge in [-0.05, 0) is 13.3 Å². The molecule has 0 aromatic carbocycles. The standard InChI is InChI=1S/C8H12O2/c1-3-4-5-6-8(10)7(2)9/h3-4H,5-6H2,1-2H3/b4-3-. The summed E-state index contributed by atoms with van der Waals surface area (Å²) >= 11 is 0. The summed E-state index contributed by atoms with van der Waals surface area (Å²) in [5.74, 6) is -0.623. The monoisotopic (exact) mass is 140 g/mol. The maximum atomic E-state index is 10.6. The van der Waals surface area contributed by atoms with Crippen molar-refractivity contribution in [3.8, 4) is 0 Å². The van der Waals surface area contributed by atoms with Crippen LogP contribution in [0.25, 0.3) is 0 Å². The Morgan fingerprint density at radius 1 is 1.40 bits per heavy atom. The van der Waals surface area contributed by atoms with Gasteiger partial charge in [-0.3, -0.25) is 9.59 Å². The summed E-state index contributed by atoms with van der Waals surface area (Å²) in [6.07, 6.45) is 4.77. The van der Waals surface area contributed by atoms with Gasteiger partial charge < -0.3 is 0 Å². The third-order valence-electron chi connectivity index (χ3n) is 1.17. The number of allylic oxidation sites excluding steroid dienone is 2. The Kier molecular flexibility index (Phi) is 4.46. The highest BCUT2D eigenvalue weighted by molar-refractivity contribution is 6.36. The zero-order valence-corrected chi connectivity index (χ0v) is 6.39. The van der Waals surface area contributed by atoms with E-state index in [2.05, 4.69) is 0 Å². The van der Waals surface area contributed by atoms with Gasteiger partial charge in [-0.15, -0.1) is 0 Å². The third-order valence-corrected chi connectivity index (χ3v) is 1.17. The molecule has 0 aliphatic carbocycles. The molecular weight excluding hydrogens is 128 g/mol. The lowest BCUT2D eigenvalue weighted by molar-refractivity contribution is -0.135. The summed E-state index contributed by atoms with van der Waals surface area (Å²) in [5.41, 5.74) is 0. The molecule has 0 atom stereocenters. The van der Waals surface area contributed by atoms with Gasteiger partial charge in [0.05, 0.1) is 0 Å². The van der Waals surface area contributed by atoms with Crippen LogP contribution in [0.5, 0.6) is 0 Å². The van der Waals surface area contributed by atoms with Crippen molar-refractivity contribution in [3.63, 3.8) is 0 Å². The second-order valence-electron chi connectivity index (χ2n) is 2.09. The molecule has 56 valence electrons. The molecule has 0 bridgehead atoms. The van der Waals surface area contributed by atoms with Crippen LogP contribution in [-0.2, 0) is 9.59 Å². The first-order valence-electron chi connectivity index (χ1n) is 3.33. The van der Waals surface area contributed by atoms with E-state index in [0.29, 0.717) is 12.8 Å². The predicted octanol–water partition coefficient (Wildman–Crippen LogP) is 1.50. The van der Waals surface area contributed by atoms with Crippen LogP contribution in [0.2, 0.25) is 0 Å². The van der Waals surface area contributed by atoms with E-state index in [0.717, 1.165) is 0 Å². The molecule has 0 saturated heterocycles. The highest BCUT2D eigenvalue weighted by atomic mass is 16.2. The van der Waals surface area contributed by atoms with E-state index >= 15 is 0 Å². The minimum Gasteiger partial charge on any atom is -0.291 e. The number of hydrogen-bond donors (Lipinski definition) is 0. The molecule has 0 aromatic rings. The molecule has 0 N–H and O–H groups in total. The SMILES string of the molecule is C/C=C\CCC(=O)C(C)=O. The summed E-state index contributed by atoms with van der Waals surface area (Å²) in [4.78, 5) is 21.0. The van der Waals surface area contributed by atoms with Crippen molar-refractivity contribution in [2.24, 2.45) is 0 Å². The molecule has 0 heterocycles. The molecule has 0 aromatic heterocycles. The predicted molar refractivity (Wildman–Crippen MR) is 39.7 cm³/mol. The van der Waals surface area contributed by atoms with Crippen LogP contribution in [0.15, 0.2) is 12.2 Å². The number of hydrogen-bond acceptors (Lipinski definition) is 2. The van der Waals surface area contributed by atoms with Gasteiger partial charge >= 0.3 is 0 Å². The van der Waals surface area contributed by atoms with Crippen LogP contribution in [0.4, 0.5) is 0 Å². The average molecular weight is 140 g/mol. The Bertz CT molecular complexity index is 157. The number of rotatable bonds is 4. The second-order valence-corrected chi connectivity index (χ2v) is 2.09. The van der Waals surface area contributed by atoms with E-state index in [1.165, 1.54) is 6.92 Å². The van der Waals surface area contributed by atoms with Gasteiger partial charge in [0.1, 0.15) is 0 Å². The summed E-state index contributed by atoms with van der Waals surface area (Å²) < 4.78 is 0. The van der Waals surface area contributed by atoms with Crippen molar-refractivity contribution in [1.29, 1.82) is 0 Å². The molecule has 0 fully saturated rings. The van der Waals surface area contributed by atoms with Crippen LogP contribution in [0.3, 0.4) is 0 Å². The van der Waals surface area contributed by atoms with Crippen LogP contribution < -0.4 is 0 Å². The van der Waals surface area contributed by atoms with Gasteiger partial charge in [-0.2, -0.15) is 0 Å². The molecule has 0 aliphatic rings. The maximum Gasteiger partial charge on any atom is 0.198 e. The fourth-order valence-corrected chi connectivity index (χ4v) is 0.557. The summed E-state index contributed by atoms with van der Waals surface area (Å²) in [7, 11) is 0. The van der Waals surface area contributed by atoms with Gasteiger partial charge in [0, 0.05) is 13.3 Å². The van der Waals surface area contributed by atoms with Crippen molar-refractivity contribution >= 4 is 11.6 Å². The zero-order valence-electron chi connectivity index (χ0n) is 6.39. The lowest BCUT2D eigenvalue weighted by atomic mass is 10.1. The van der Waals surface area contributed by atoms with Crippen LogP contribution in [0, 0.1) is 0 Å². The largest absolute Gasteiger partial charge is 0.291 e. The van der Waals surface area contributed by atoms with E-state index < -0.39 is 0 Å². The smallest absolute Gasteiger partial charge is 0.198 e. The average Bonchev–Trinajstić information content (AvgIpc) is 1.88. The molecule has 2 nitrogen and oxygen atoms in total. The van der Waals surface area contributed by atoms with Gasteiger partial charge in [0.25, 0.3) is 0 Å². The first-order chi connectivity index (χ1) is 4.68. The normalized spacial score (nSPS) is 10.2. The number of Topliss-reactive ketones (excluding diaryl/α,β-unsaturated/α-hetero) is 2. The van der Waals surface area contributed by atoms with Crippen molar-refractivity contribution in [1.82, 2.24) is 0 Å². The highest BCUT2D eigenvalue weighted by Crippen LogP contribution is 1.92.